The van der Waals surface area contributed by atoms with Crippen molar-refractivity contribution in [1.29, 1.82) is 0 Å². The van der Waals surface area contributed by atoms with Crippen molar-refractivity contribution in [2.45, 2.75) is 105 Å². The molecule has 0 aliphatic carbocycles. The largest absolute Gasteiger partial charge is 0.461 e. The summed E-state index contributed by atoms with van der Waals surface area (Å²) in [6.45, 7) is 11.6. The number of carbonyl (C=O) groups is 3. The summed E-state index contributed by atoms with van der Waals surface area (Å²) in [5, 5.41) is 2.70. The van der Waals surface area contributed by atoms with Gasteiger partial charge < -0.3 is 14.8 Å². The number of carbonyl (C=O) groups excluding carboxylic acids is 3. The van der Waals surface area contributed by atoms with E-state index in [0.29, 0.717) is 6.42 Å². The Morgan fingerprint density at radius 1 is 0.786 bits per heavy atom. The first kappa shape index (κ1) is 26.4. The van der Waals surface area contributed by atoms with E-state index in [1.807, 2.05) is 13.8 Å². The molecule has 0 spiro atoms. The van der Waals surface area contributed by atoms with Crippen LogP contribution >= 0.6 is 0 Å². The lowest BCUT2D eigenvalue weighted by Crippen LogP contribution is -2.41. The number of hydrogen-bond donors (Lipinski definition) is 1. The van der Waals surface area contributed by atoms with E-state index >= 15 is 0 Å². The molecule has 0 saturated carbocycles. The predicted molar refractivity (Wildman–Crippen MR) is 111 cm³/mol. The molecule has 0 aromatic heterocycles. The predicted octanol–water partition coefficient (Wildman–Crippen LogP) is 4.40. The highest BCUT2D eigenvalue weighted by Gasteiger charge is 2.24. The summed E-state index contributed by atoms with van der Waals surface area (Å²) in [5.41, 5.74) is 0. The molecule has 0 bridgehead atoms. The van der Waals surface area contributed by atoms with Gasteiger partial charge in [-0.25, -0.2) is 0 Å². The van der Waals surface area contributed by atoms with Gasteiger partial charge in [0.15, 0.2) is 6.10 Å². The van der Waals surface area contributed by atoms with Crippen molar-refractivity contribution in [3.05, 3.63) is 0 Å². The smallest absolute Gasteiger partial charge is 0.309 e. The fraction of sp³-hybridized carbons (Fsp3) is 0.864. The molecule has 0 radical (unpaired) electrons. The number of hydrogen-bond acceptors (Lipinski definition) is 5. The molecule has 6 nitrogen and oxygen atoms in total. The fourth-order valence-corrected chi connectivity index (χ4v) is 2.93. The van der Waals surface area contributed by atoms with E-state index in [0.717, 1.165) is 44.9 Å². The molecule has 4 atom stereocenters. The van der Waals surface area contributed by atoms with Crippen LogP contribution in [0.25, 0.3) is 0 Å². The lowest BCUT2D eigenvalue weighted by atomic mass is 10.00. The van der Waals surface area contributed by atoms with Crippen LogP contribution < -0.4 is 5.32 Å². The molecule has 1 amide bonds. The van der Waals surface area contributed by atoms with Gasteiger partial charge in [-0.2, -0.15) is 0 Å². The Hall–Kier alpha value is -1.59. The molecule has 0 heterocycles. The molecule has 0 aliphatic rings. The Morgan fingerprint density at radius 3 is 1.68 bits per heavy atom. The van der Waals surface area contributed by atoms with Gasteiger partial charge in [-0.1, -0.05) is 53.4 Å². The fourth-order valence-electron chi connectivity index (χ4n) is 2.93. The molecular weight excluding hydrogens is 358 g/mol. The maximum absolute atomic E-state index is 12.2. The van der Waals surface area contributed by atoms with Crippen molar-refractivity contribution in [2.24, 2.45) is 11.8 Å². The number of amides is 1. The molecule has 28 heavy (non-hydrogen) atoms. The van der Waals surface area contributed by atoms with E-state index in [9.17, 15) is 14.4 Å². The van der Waals surface area contributed by atoms with Crippen molar-refractivity contribution in [2.75, 3.05) is 6.54 Å². The molecule has 1 N–H and O–H groups in total. The van der Waals surface area contributed by atoms with Gasteiger partial charge in [-0.05, 0) is 39.5 Å². The zero-order chi connectivity index (χ0) is 21.5. The molecule has 6 heteroatoms. The highest BCUT2D eigenvalue weighted by molar-refractivity contribution is 5.84. The standard InChI is InChI=1S/C22H41NO5/c1-7-11-13-18(9-3)21(25)27-16(5)15-23-20(24)17(6)28-22(26)19(10-4)14-12-8-2/h16-19H,7-15H2,1-6H3,(H,23,24)/t16-,17-,18+,19+/m0/s1. The summed E-state index contributed by atoms with van der Waals surface area (Å²) in [6.07, 6.45) is 5.81. The minimum Gasteiger partial charge on any atom is -0.461 e. The highest BCUT2D eigenvalue weighted by Crippen LogP contribution is 2.16. The van der Waals surface area contributed by atoms with Crippen LogP contribution in [0.2, 0.25) is 0 Å². The van der Waals surface area contributed by atoms with Crippen LogP contribution in [-0.2, 0) is 23.9 Å². The molecule has 0 aromatic rings. The summed E-state index contributed by atoms with van der Waals surface area (Å²) >= 11 is 0. The monoisotopic (exact) mass is 399 g/mol. The van der Waals surface area contributed by atoms with Gasteiger partial charge >= 0.3 is 11.9 Å². The number of esters is 2. The Kier molecular flexibility index (Phi) is 14.5. The highest BCUT2D eigenvalue weighted by atomic mass is 16.6. The van der Waals surface area contributed by atoms with Gasteiger partial charge in [0.1, 0.15) is 6.10 Å². The average Bonchev–Trinajstić information content (AvgIpc) is 2.67. The van der Waals surface area contributed by atoms with E-state index in [1.165, 1.54) is 0 Å². The van der Waals surface area contributed by atoms with E-state index in [1.54, 1.807) is 13.8 Å². The minimum atomic E-state index is -0.862. The van der Waals surface area contributed by atoms with Gasteiger partial charge in [0.25, 0.3) is 5.91 Å². The first-order valence-electron chi connectivity index (χ1n) is 11.0. The van der Waals surface area contributed by atoms with Crippen molar-refractivity contribution >= 4 is 17.8 Å². The van der Waals surface area contributed by atoms with Gasteiger partial charge in [0.2, 0.25) is 0 Å². The molecule has 0 aromatic carbocycles. The van der Waals surface area contributed by atoms with Crippen molar-refractivity contribution in [1.82, 2.24) is 5.32 Å². The number of rotatable bonds is 15. The van der Waals surface area contributed by atoms with Crippen molar-refractivity contribution < 1.29 is 23.9 Å². The van der Waals surface area contributed by atoms with Crippen LogP contribution in [0.4, 0.5) is 0 Å². The third kappa shape index (κ3) is 10.7. The molecule has 0 saturated heterocycles. The molecule has 0 aliphatic heterocycles. The van der Waals surface area contributed by atoms with E-state index in [-0.39, 0.29) is 36.2 Å². The molecular formula is C22H41NO5. The Labute approximate surface area is 171 Å². The topological polar surface area (TPSA) is 81.7 Å². The third-order valence-corrected chi connectivity index (χ3v) is 5.01. The first-order valence-corrected chi connectivity index (χ1v) is 11.0. The van der Waals surface area contributed by atoms with Crippen molar-refractivity contribution in [3.63, 3.8) is 0 Å². The van der Waals surface area contributed by atoms with Crippen LogP contribution in [0.15, 0.2) is 0 Å². The summed E-state index contributed by atoms with van der Waals surface area (Å²) in [7, 11) is 0. The Bertz CT molecular complexity index is 466. The van der Waals surface area contributed by atoms with Crippen LogP contribution in [-0.4, -0.2) is 36.6 Å². The normalized spacial score (nSPS) is 15.2. The maximum Gasteiger partial charge on any atom is 0.309 e. The minimum absolute atomic E-state index is 0.0907. The molecule has 0 unspecified atom stereocenters. The van der Waals surface area contributed by atoms with Crippen LogP contribution in [0.1, 0.15) is 92.9 Å². The van der Waals surface area contributed by atoms with Crippen molar-refractivity contribution in [3.8, 4) is 0 Å². The van der Waals surface area contributed by atoms with Crippen LogP contribution in [0.5, 0.6) is 0 Å². The lowest BCUT2D eigenvalue weighted by molar-refractivity contribution is -0.159. The molecule has 0 fully saturated rings. The van der Waals surface area contributed by atoms with Gasteiger partial charge in [0, 0.05) is 0 Å². The van der Waals surface area contributed by atoms with Crippen LogP contribution in [0, 0.1) is 11.8 Å². The number of nitrogens with one attached hydrogen (secondary N) is 1. The van der Waals surface area contributed by atoms with Gasteiger partial charge in [-0.3, -0.25) is 14.4 Å². The molecule has 164 valence electrons. The van der Waals surface area contributed by atoms with Crippen LogP contribution in [0.3, 0.4) is 0 Å². The van der Waals surface area contributed by atoms with Gasteiger partial charge in [-0.15, -0.1) is 0 Å². The second-order valence-corrected chi connectivity index (χ2v) is 7.57. The second kappa shape index (κ2) is 15.3. The Morgan fingerprint density at radius 2 is 1.25 bits per heavy atom. The second-order valence-electron chi connectivity index (χ2n) is 7.57. The summed E-state index contributed by atoms with van der Waals surface area (Å²) in [4.78, 5) is 36.6. The zero-order valence-corrected chi connectivity index (χ0v) is 18.7. The molecule has 0 rings (SSSR count). The van der Waals surface area contributed by atoms with E-state index in [2.05, 4.69) is 19.2 Å². The quantitative estimate of drug-likeness (QED) is 0.413. The van der Waals surface area contributed by atoms with E-state index < -0.39 is 12.2 Å². The average molecular weight is 400 g/mol. The van der Waals surface area contributed by atoms with Gasteiger partial charge in [0.05, 0.1) is 18.4 Å². The Balaban J connectivity index is 4.36. The number of ether oxygens (including phenoxy) is 2. The number of unbranched alkanes of at least 4 members (excludes halogenated alkanes) is 2. The first-order chi connectivity index (χ1) is 13.3. The third-order valence-electron chi connectivity index (χ3n) is 5.01. The van der Waals surface area contributed by atoms with E-state index in [4.69, 9.17) is 9.47 Å². The summed E-state index contributed by atoms with van der Waals surface area (Å²) in [5.74, 6) is -1.16. The SMILES string of the molecule is CCCC[C@@H](CC)C(=O)O[C@@H](C)C(=O)NC[C@H](C)OC(=O)[C@H](CC)CCCC. The lowest BCUT2D eigenvalue weighted by Gasteiger charge is -2.21. The summed E-state index contributed by atoms with van der Waals surface area (Å²) < 4.78 is 10.8. The maximum atomic E-state index is 12.2. The summed E-state index contributed by atoms with van der Waals surface area (Å²) in [6, 6.07) is 0. The zero-order valence-electron chi connectivity index (χ0n) is 18.7.